The first-order valence-electron chi connectivity index (χ1n) is 7.05. The van der Waals surface area contributed by atoms with Crippen molar-refractivity contribution in [1.29, 1.82) is 0 Å². The van der Waals surface area contributed by atoms with Gasteiger partial charge in [0.15, 0.2) is 11.5 Å². The molecule has 0 saturated heterocycles. The van der Waals surface area contributed by atoms with Gasteiger partial charge in [0.2, 0.25) is 0 Å². The van der Waals surface area contributed by atoms with Gasteiger partial charge in [-0.3, -0.25) is 0 Å². The maximum atomic E-state index is 5.72. The maximum Gasteiger partial charge on any atom is 0.161 e. The molecule has 2 heterocycles. The third-order valence-corrected chi connectivity index (χ3v) is 5.35. The Balaban J connectivity index is 2.05. The van der Waals surface area contributed by atoms with Gasteiger partial charge in [-0.05, 0) is 64.7 Å². The fourth-order valence-electron chi connectivity index (χ4n) is 2.73. The highest BCUT2D eigenvalue weighted by Crippen LogP contribution is 2.39. The van der Waals surface area contributed by atoms with Crippen LogP contribution in [0.3, 0.4) is 0 Å². The lowest BCUT2D eigenvalue weighted by Gasteiger charge is -2.27. The first-order valence-corrected chi connectivity index (χ1v) is 8.66. The van der Waals surface area contributed by atoms with Crippen LogP contribution >= 0.6 is 27.3 Å². The average molecular weight is 368 g/mol. The molecule has 0 spiro atoms. The van der Waals surface area contributed by atoms with E-state index in [1.807, 2.05) is 6.92 Å². The number of thiophene rings is 1. The Morgan fingerprint density at radius 2 is 2.19 bits per heavy atom. The van der Waals surface area contributed by atoms with Crippen molar-refractivity contribution in [3.8, 4) is 11.5 Å². The lowest BCUT2D eigenvalue weighted by molar-refractivity contribution is 0.309. The number of ether oxygens (including phenoxy) is 2. The second kappa shape index (κ2) is 6.38. The molecule has 1 atom stereocenters. The lowest BCUT2D eigenvalue weighted by Crippen LogP contribution is -2.30. The van der Waals surface area contributed by atoms with E-state index in [-0.39, 0.29) is 6.04 Å². The predicted octanol–water partition coefficient (Wildman–Crippen LogP) is 4.15. The molecule has 1 N–H and O–H groups in total. The van der Waals surface area contributed by atoms with Crippen LogP contribution in [0.2, 0.25) is 0 Å². The molecule has 112 valence electrons. The second-order valence-corrected chi connectivity index (χ2v) is 7.41. The van der Waals surface area contributed by atoms with E-state index in [1.54, 1.807) is 18.4 Å². The predicted molar refractivity (Wildman–Crippen MR) is 89.7 cm³/mol. The third kappa shape index (κ3) is 2.96. The van der Waals surface area contributed by atoms with E-state index in [1.165, 1.54) is 16.0 Å². The Hall–Kier alpha value is -1.04. The Kier molecular flexibility index (Phi) is 4.52. The zero-order chi connectivity index (χ0) is 14.8. The van der Waals surface area contributed by atoms with Gasteiger partial charge in [-0.2, -0.15) is 0 Å². The van der Waals surface area contributed by atoms with Gasteiger partial charge in [0, 0.05) is 11.4 Å². The number of halogens is 1. The number of fused-ring (bicyclic) bond motifs is 1. The Morgan fingerprint density at radius 3 is 2.86 bits per heavy atom. The fraction of sp³-hybridized carbons (Fsp3) is 0.375. The van der Waals surface area contributed by atoms with Gasteiger partial charge in [-0.25, -0.2) is 0 Å². The summed E-state index contributed by atoms with van der Waals surface area (Å²) < 4.78 is 12.3. The van der Waals surface area contributed by atoms with Crippen molar-refractivity contribution in [2.24, 2.45) is 0 Å². The van der Waals surface area contributed by atoms with Crippen molar-refractivity contribution >= 4 is 27.3 Å². The maximum absolute atomic E-state index is 5.72. The molecule has 2 aromatic rings. The molecule has 0 radical (unpaired) electrons. The molecule has 1 unspecified atom stereocenters. The summed E-state index contributed by atoms with van der Waals surface area (Å²) >= 11 is 5.32. The molecule has 0 fully saturated rings. The molecule has 1 aromatic heterocycles. The largest absolute Gasteiger partial charge is 0.493 e. The smallest absolute Gasteiger partial charge is 0.161 e. The summed E-state index contributed by atoms with van der Waals surface area (Å²) in [4.78, 5) is 1.32. The topological polar surface area (TPSA) is 30.5 Å². The van der Waals surface area contributed by atoms with E-state index in [0.29, 0.717) is 6.61 Å². The van der Waals surface area contributed by atoms with E-state index >= 15 is 0 Å². The molecular weight excluding hydrogens is 350 g/mol. The van der Waals surface area contributed by atoms with Crippen LogP contribution in [0.1, 0.15) is 29.0 Å². The zero-order valence-electron chi connectivity index (χ0n) is 12.1. The molecule has 0 saturated carbocycles. The standard InChI is InChI=1S/C16H18BrNO2S/c1-3-20-13-9-11-10(8-12(13)19-2)6-7-18-16(11)14-4-5-15(17)21-14/h4-5,8-9,16,18H,3,6-7H2,1-2H3. The monoisotopic (exact) mass is 367 g/mol. The van der Waals surface area contributed by atoms with Gasteiger partial charge >= 0.3 is 0 Å². The fourth-order valence-corrected chi connectivity index (χ4v) is 4.25. The molecular formula is C16H18BrNO2S. The van der Waals surface area contributed by atoms with Crippen molar-refractivity contribution in [3.05, 3.63) is 44.1 Å². The van der Waals surface area contributed by atoms with E-state index in [4.69, 9.17) is 9.47 Å². The minimum Gasteiger partial charge on any atom is -0.493 e. The number of methoxy groups -OCH3 is 1. The molecule has 3 nitrogen and oxygen atoms in total. The van der Waals surface area contributed by atoms with Crippen LogP contribution in [0.15, 0.2) is 28.1 Å². The zero-order valence-corrected chi connectivity index (χ0v) is 14.5. The van der Waals surface area contributed by atoms with Gasteiger partial charge in [-0.1, -0.05) is 0 Å². The Bertz CT molecular complexity index is 641. The Labute approximate surface area is 137 Å². The normalized spacial score (nSPS) is 17.4. The van der Waals surface area contributed by atoms with Crippen molar-refractivity contribution in [2.45, 2.75) is 19.4 Å². The first kappa shape index (κ1) is 14.9. The van der Waals surface area contributed by atoms with Crippen LogP contribution in [0.4, 0.5) is 0 Å². The highest BCUT2D eigenvalue weighted by molar-refractivity contribution is 9.11. The van der Waals surface area contributed by atoms with E-state index < -0.39 is 0 Å². The summed E-state index contributed by atoms with van der Waals surface area (Å²) in [5.74, 6) is 1.65. The molecule has 0 amide bonds. The highest BCUT2D eigenvalue weighted by atomic mass is 79.9. The Morgan fingerprint density at radius 1 is 1.33 bits per heavy atom. The summed E-state index contributed by atoms with van der Waals surface area (Å²) in [5, 5.41) is 3.60. The number of rotatable bonds is 4. The SMILES string of the molecule is CCOc1cc2c(cc1OC)CCNC2c1ccc(Br)s1. The third-order valence-electron chi connectivity index (χ3n) is 3.66. The van der Waals surface area contributed by atoms with Crippen LogP contribution in [-0.4, -0.2) is 20.3 Å². The van der Waals surface area contributed by atoms with Crippen LogP contribution in [0, 0.1) is 0 Å². The second-order valence-electron chi connectivity index (χ2n) is 4.91. The molecule has 0 bridgehead atoms. The lowest BCUT2D eigenvalue weighted by atomic mass is 9.92. The number of hydrogen-bond donors (Lipinski definition) is 1. The minimum atomic E-state index is 0.232. The summed E-state index contributed by atoms with van der Waals surface area (Å²) in [6.07, 6.45) is 1.02. The van der Waals surface area contributed by atoms with E-state index in [9.17, 15) is 0 Å². The van der Waals surface area contributed by atoms with Gasteiger partial charge in [0.1, 0.15) is 0 Å². The highest BCUT2D eigenvalue weighted by Gasteiger charge is 2.25. The van der Waals surface area contributed by atoms with Gasteiger partial charge < -0.3 is 14.8 Å². The number of hydrogen-bond acceptors (Lipinski definition) is 4. The van der Waals surface area contributed by atoms with Crippen molar-refractivity contribution < 1.29 is 9.47 Å². The van der Waals surface area contributed by atoms with E-state index in [2.05, 4.69) is 45.5 Å². The van der Waals surface area contributed by atoms with Gasteiger partial charge in [0.05, 0.1) is 23.5 Å². The number of nitrogens with one attached hydrogen (secondary N) is 1. The van der Waals surface area contributed by atoms with E-state index in [0.717, 1.165) is 28.3 Å². The van der Waals surface area contributed by atoms with Crippen LogP contribution in [-0.2, 0) is 6.42 Å². The van der Waals surface area contributed by atoms with Crippen LogP contribution in [0.25, 0.3) is 0 Å². The molecule has 1 aliphatic heterocycles. The van der Waals surface area contributed by atoms with Gasteiger partial charge in [0.25, 0.3) is 0 Å². The average Bonchev–Trinajstić information content (AvgIpc) is 2.92. The van der Waals surface area contributed by atoms with Gasteiger partial charge in [-0.15, -0.1) is 11.3 Å². The molecule has 0 aliphatic carbocycles. The molecule has 21 heavy (non-hydrogen) atoms. The van der Waals surface area contributed by atoms with Crippen LogP contribution in [0.5, 0.6) is 11.5 Å². The molecule has 3 rings (SSSR count). The summed E-state index contributed by atoms with van der Waals surface area (Å²) in [5.41, 5.74) is 2.63. The first-order chi connectivity index (χ1) is 10.2. The molecule has 1 aliphatic rings. The summed E-state index contributed by atoms with van der Waals surface area (Å²) in [7, 11) is 1.69. The summed E-state index contributed by atoms with van der Waals surface area (Å²) in [6, 6.07) is 8.75. The summed E-state index contributed by atoms with van der Waals surface area (Å²) in [6.45, 7) is 3.60. The van der Waals surface area contributed by atoms with Crippen LogP contribution < -0.4 is 14.8 Å². The van der Waals surface area contributed by atoms with Crippen molar-refractivity contribution in [1.82, 2.24) is 5.32 Å². The molecule has 5 heteroatoms. The minimum absolute atomic E-state index is 0.232. The van der Waals surface area contributed by atoms with Crippen molar-refractivity contribution in [3.63, 3.8) is 0 Å². The van der Waals surface area contributed by atoms with Crippen molar-refractivity contribution in [2.75, 3.05) is 20.3 Å². The quantitative estimate of drug-likeness (QED) is 0.880. The molecule has 1 aromatic carbocycles. The number of benzene rings is 1.